The van der Waals surface area contributed by atoms with Crippen molar-refractivity contribution in [2.45, 2.75) is 51.2 Å². The maximum atomic E-state index is 12.7. The first-order valence-corrected chi connectivity index (χ1v) is 8.45. The molecule has 0 amide bonds. The molecule has 0 saturated carbocycles. The van der Waals surface area contributed by atoms with Gasteiger partial charge in [-0.05, 0) is 43.5 Å². The molecule has 6 heteroatoms. The van der Waals surface area contributed by atoms with Crippen LogP contribution in [-0.2, 0) is 16.6 Å². The fourth-order valence-electron chi connectivity index (χ4n) is 2.13. The van der Waals surface area contributed by atoms with E-state index in [1.54, 1.807) is 20.0 Å². The van der Waals surface area contributed by atoms with E-state index >= 15 is 0 Å². The Bertz CT molecular complexity index is 572. The van der Waals surface area contributed by atoms with Crippen LogP contribution < -0.4 is 0 Å². The minimum atomic E-state index is -3.61. The molecule has 1 unspecified atom stereocenters. The normalized spacial score (nSPS) is 13.8. The van der Waals surface area contributed by atoms with Gasteiger partial charge in [-0.15, -0.1) is 0 Å². The molecule has 0 fully saturated rings. The van der Waals surface area contributed by atoms with Gasteiger partial charge in [0.25, 0.3) is 0 Å². The van der Waals surface area contributed by atoms with Gasteiger partial charge in [-0.3, -0.25) is 0 Å². The minimum Gasteiger partial charge on any atom is -0.392 e. The Kier molecular flexibility index (Phi) is 6.01. The van der Waals surface area contributed by atoms with Gasteiger partial charge in [0, 0.05) is 18.1 Å². The van der Waals surface area contributed by atoms with Gasteiger partial charge >= 0.3 is 0 Å². The molecule has 0 heterocycles. The van der Waals surface area contributed by atoms with Gasteiger partial charge < -0.3 is 5.11 Å². The number of benzene rings is 1. The quantitative estimate of drug-likeness (QED) is 0.877. The van der Waals surface area contributed by atoms with Gasteiger partial charge in [0.05, 0.1) is 11.5 Å². The van der Waals surface area contributed by atoms with Crippen LogP contribution in [0.2, 0.25) is 5.02 Å². The van der Waals surface area contributed by atoms with Crippen LogP contribution in [0.1, 0.15) is 37.8 Å². The Balaban J connectivity index is 3.32. The van der Waals surface area contributed by atoms with Crippen molar-refractivity contribution in [1.29, 1.82) is 0 Å². The van der Waals surface area contributed by atoms with Crippen LogP contribution in [0.25, 0.3) is 0 Å². The second-order valence-electron chi connectivity index (χ2n) is 5.01. The molecule has 0 aliphatic rings. The summed E-state index contributed by atoms with van der Waals surface area (Å²) >= 11 is 5.96. The lowest BCUT2D eigenvalue weighted by atomic mass is 10.1. The summed E-state index contributed by atoms with van der Waals surface area (Å²) in [4.78, 5) is 0.166. The van der Waals surface area contributed by atoms with Crippen LogP contribution in [0.15, 0.2) is 17.0 Å². The lowest BCUT2D eigenvalue weighted by Gasteiger charge is -2.25. The number of aliphatic hydroxyl groups excluding tert-OH is 1. The molecule has 1 aromatic carbocycles. The Morgan fingerprint density at radius 1 is 1.40 bits per heavy atom. The average molecular weight is 320 g/mol. The highest BCUT2D eigenvalue weighted by Crippen LogP contribution is 2.27. The maximum absolute atomic E-state index is 12.7. The van der Waals surface area contributed by atoms with Crippen LogP contribution >= 0.6 is 11.6 Å². The molecule has 0 bridgehead atoms. The molecule has 1 atom stereocenters. The summed E-state index contributed by atoms with van der Waals surface area (Å²) in [5, 5.41) is 9.61. The summed E-state index contributed by atoms with van der Waals surface area (Å²) in [7, 11) is -2.03. The van der Waals surface area contributed by atoms with Crippen molar-refractivity contribution in [3.8, 4) is 0 Å². The number of nitrogens with zero attached hydrogens (tertiary/aromatic N) is 1. The lowest BCUT2D eigenvalue weighted by Crippen LogP contribution is -2.35. The molecule has 1 rings (SSSR count). The first-order valence-electron chi connectivity index (χ1n) is 6.63. The second-order valence-corrected chi connectivity index (χ2v) is 7.41. The molecule has 20 heavy (non-hydrogen) atoms. The van der Waals surface area contributed by atoms with Crippen molar-refractivity contribution >= 4 is 21.6 Å². The van der Waals surface area contributed by atoms with Crippen molar-refractivity contribution in [3.63, 3.8) is 0 Å². The van der Waals surface area contributed by atoms with E-state index in [1.165, 1.54) is 10.4 Å². The van der Waals surface area contributed by atoms with E-state index < -0.39 is 10.0 Å². The lowest BCUT2D eigenvalue weighted by molar-refractivity contribution is 0.280. The molecule has 0 saturated heterocycles. The van der Waals surface area contributed by atoms with Crippen LogP contribution in [0.5, 0.6) is 0 Å². The summed E-state index contributed by atoms with van der Waals surface area (Å²) in [6, 6.07) is 2.95. The smallest absolute Gasteiger partial charge is 0.243 e. The van der Waals surface area contributed by atoms with E-state index in [0.717, 1.165) is 12.8 Å². The van der Waals surface area contributed by atoms with E-state index in [0.29, 0.717) is 16.1 Å². The Morgan fingerprint density at radius 2 is 2.00 bits per heavy atom. The Hall–Kier alpha value is -0.620. The van der Waals surface area contributed by atoms with Crippen LogP contribution in [0, 0.1) is 6.92 Å². The van der Waals surface area contributed by atoms with Crippen molar-refractivity contribution in [2.24, 2.45) is 0 Å². The van der Waals surface area contributed by atoms with E-state index in [-0.39, 0.29) is 17.5 Å². The van der Waals surface area contributed by atoms with Gasteiger partial charge in [-0.2, -0.15) is 4.31 Å². The molecule has 0 aliphatic carbocycles. The average Bonchev–Trinajstić information content (AvgIpc) is 2.40. The van der Waals surface area contributed by atoms with Crippen molar-refractivity contribution in [2.75, 3.05) is 7.05 Å². The Morgan fingerprint density at radius 3 is 2.50 bits per heavy atom. The third kappa shape index (κ3) is 3.52. The highest BCUT2D eigenvalue weighted by atomic mass is 35.5. The van der Waals surface area contributed by atoms with E-state index in [9.17, 15) is 13.5 Å². The minimum absolute atomic E-state index is 0.0824. The highest BCUT2D eigenvalue weighted by Gasteiger charge is 2.27. The van der Waals surface area contributed by atoms with E-state index in [4.69, 9.17) is 11.6 Å². The van der Waals surface area contributed by atoms with E-state index in [2.05, 4.69) is 0 Å². The second kappa shape index (κ2) is 6.89. The third-order valence-corrected chi connectivity index (χ3v) is 5.90. The van der Waals surface area contributed by atoms with Gasteiger partial charge in [0.1, 0.15) is 0 Å². The first-order chi connectivity index (χ1) is 9.25. The molecule has 1 aromatic rings. The predicted octanol–water partition coefficient (Wildman–Crippen LogP) is 2.95. The molecule has 1 N–H and O–H groups in total. The summed E-state index contributed by atoms with van der Waals surface area (Å²) < 4.78 is 26.7. The number of hydrogen-bond acceptors (Lipinski definition) is 3. The maximum Gasteiger partial charge on any atom is 0.243 e. The largest absolute Gasteiger partial charge is 0.392 e. The molecular formula is C14H22ClNO3S. The first kappa shape index (κ1) is 17.4. The fraction of sp³-hybridized carbons (Fsp3) is 0.571. The molecule has 0 aromatic heterocycles. The summed E-state index contributed by atoms with van der Waals surface area (Å²) in [5.74, 6) is 0. The zero-order chi connectivity index (χ0) is 15.5. The molecule has 4 nitrogen and oxygen atoms in total. The number of hydrogen-bond donors (Lipinski definition) is 1. The highest BCUT2D eigenvalue weighted by molar-refractivity contribution is 7.89. The molecule has 0 spiro atoms. The van der Waals surface area contributed by atoms with Gasteiger partial charge in [-0.25, -0.2) is 8.42 Å². The third-order valence-electron chi connectivity index (χ3n) is 3.59. The number of sulfonamides is 1. The number of aliphatic hydroxyl groups is 1. The number of halogens is 1. The van der Waals surface area contributed by atoms with Crippen LogP contribution in [0.4, 0.5) is 0 Å². The summed E-state index contributed by atoms with van der Waals surface area (Å²) in [5.41, 5.74) is 1.08. The predicted molar refractivity (Wildman–Crippen MR) is 81.4 cm³/mol. The molecular weight excluding hydrogens is 298 g/mol. The summed E-state index contributed by atoms with van der Waals surface area (Å²) in [6.07, 6.45) is 1.71. The zero-order valence-electron chi connectivity index (χ0n) is 12.4. The monoisotopic (exact) mass is 319 g/mol. The van der Waals surface area contributed by atoms with Gasteiger partial charge in [-0.1, -0.05) is 24.9 Å². The summed E-state index contributed by atoms with van der Waals surface area (Å²) in [6.45, 7) is 5.36. The SMILES string of the molecule is CCCC(C)N(C)S(=O)(=O)c1cc(Cl)cc(CO)c1C. The van der Waals surface area contributed by atoms with Gasteiger partial charge in [0.2, 0.25) is 10.0 Å². The van der Waals surface area contributed by atoms with Gasteiger partial charge in [0.15, 0.2) is 0 Å². The molecule has 0 aliphatic heterocycles. The topological polar surface area (TPSA) is 57.6 Å². The standard InChI is InChI=1S/C14H22ClNO3S/c1-5-6-10(2)16(4)20(18,19)14-8-13(15)7-12(9-17)11(14)3/h7-8,10,17H,5-6,9H2,1-4H3. The molecule has 114 valence electrons. The fourth-order valence-corrected chi connectivity index (χ4v) is 4.12. The number of rotatable bonds is 6. The van der Waals surface area contributed by atoms with Crippen molar-refractivity contribution in [3.05, 3.63) is 28.3 Å². The van der Waals surface area contributed by atoms with E-state index in [1.807, 2.05) is 13.8 Å². The zero-order valence-corrected chi connectivity index (χ0v) is 13.9. The van der Waals surface area contributed by atoms with Crippen molar-refractivity contribution in [1.82, 2.24) is 4.31 Å². The van der Waals surface area contributed by atoms with Crippen LogP contribution in [0.3, 0.4) is 0 Å². The Labute approximate surface area is 126 Å². The molecule has 0 radical (unpaired) electrons. The van der Waals surface area contributed by atoms with Crippen molar-refractivity contribution < 1.29 is 13.5 Å². The van der Waals surface area contributed by atoms with Crippen LogP contribution in [-0.4, -0.2) is 30.9 Å².